The molecular weight excluding hydrogens is 399 g/mol. The van der Waals surface area contributed by atoms with E-state index in [2.05, 4.69) is 15.8 Å². The number of nitrogens with zero attached hydrogens (tertiary/aromatic N) is 2. The number of amides is 3. The molecule has 0 unspecified atom stereocenters. The van der Waals surface area contributed by atoms with Gasteiger partial charge in [0.1, 0.15) is 12.4 Å². The van der Waals surface area contributed by atoms with E-state index in [0.29, 0.717) is 23.0 Å². The van der Waals surface area contributed by atoms with Crippen LogP contribution in [0.3, 0.4) is 0 Å². The zero-order valence-corrected chi connectivity index (χ0v) is 17.2. The molecule has 3 amide bonds. The number of rotatable bonds is 9. The molecule has 0 spiro atoms. The van der Waals surface area contributed by atoms with Gasteiger partial charge in [0.15, 0.2) is 5.13 Å². The molecule has 0 bridgehead atoms. The Morgan fingerprint density at radius 1 is 1.21 bits per heavy atom. The van der Waals surface area contributed by atoms with Crippen LogP contribution >= 0.6 is 11.3 Å². The first-order valence-electron chi connectivity index (χ1n) is 9.01. The number of hydrogen-bond donors (Lipinski definition) is 2. The van der Waals surface area contributed by atoms with Crippen molar-refractivity contribution in [3.63, 3.8) is 0 Å². The molecule has 0 aliphatic carbocycles. The van der Waals surface area contributed by atoms with E-state index in [-0.39, 0.29) is 30.8 Å². The average Bonchev–Trinajstić information content (AvgIpc) is 3.10. The lowest BCUT2D eigenvalue weighted by atomic mass is 10.1. The summed E-state index contributed by atoms with van der Waals surface area (Å²) in [4.78, 5) is 47.1. The third-order valence-corrected chi connectivity index (χ3v) is 4.57. The smallest absolute Gasteiger partial charge is 0.254 e. The van der Waals surface area contributed by atoms with Gasteiger partial charge in [-0.1, -0.05) is 0 Å². The zero-order chi connectivity index (χ0) is 21.4. The second kappa shape index (κ2) is 10.6. The standard InChI is InChI=1S/C19H23FN4O4S/c1-4-28-23-16(25)9-15-11-29-19(21-15)22-17(26)10-24(12(2)3)18(27)13-5-7-14(20)8-6-13/h5-8,11-12H,4,9-10H2,1-3H3,(H,23,25)(H,21,22,26). The van der Waals surface area contributed by atoms with Crippen molar-refractivity contribution in [1.29, 1.82) is 0 Å². The van der Waals surface area contributed by atoms with Gasteiger partial charge in [-0.15, -0.1) is 11.3 Å². The van der Waals surface area contributed by atoms with Crippen molar-refractivity contribution in [3.05, 3.63) is 46.7 Å². The first-order valence-corrected chi connectivity index (χ1v) is 9.89. The van der Waals surface area contributed by atoms with E-state index < -0.39 is 11.7 Å². The third-order valence-electron chi connectivity index (χ3n) is 3.76. The van der Waals surface area contributed by atoms with Gasteiger partial charge in [-0.25, -0.2) is 14.9 Å². The number of aromatic nitrogens is 1. The van der Waals surface area contributed by atoms with Crippen LogP contribution < -0.4 is 10.8 Å². The molecular formula is C19H23FN4O4S. The van der Waals surface area contributed by atoms with E-state index in [9.17, 15) is 18.8 Å². The van der Waals surface area contributed by atoms with Crippen LogP contribution in [-0.4, -0.2) is 46.8 Å². The number of hydroxylamine groups is 1. The number of halogens is 1. The Bertz CT molecular complexity index is 854. The van der Waals surface area contributed by atoms with Gasteiger partial charge in [-0.2, -0.15) is 0 Å². The summed E-state index contributed by atoms with van der Waals surface area (Å²) in [5.41, 5.74) is 3.06. The fourth-order valence-electron chi connectivity index (χ4n) is 2.36. The summed E-state index contributed by atoms with van der Waals surface area (Å²) >= 11 is 1.18. The summed E-state index contributed by atoms with van der Waals surface area (Å²) in [6.07, 6.45) is 0.0214. The van der Waals surface area contributed by atoms with Crippen molar-refractivity contribution in [3.8, 4) is 0 Å². The average molecular weight is 422 g/mol. The molecule has 2 N–H and O–H groups in total. The fourth-order valence-corrected chi connectivity index (χ4v) is 3.09. The van der Waals surface area contributed by atoms with Gasteiger partial charge in [-0.3, -0.25) is 19.2 Å². The molecule has 1 aromatic carbocycles. The molecule has 2 rings (SSSR count). The molecule has 156 valence electrons. The van der Waals surface area contributed by atoms with Gasteiger partial charge < -0.3 is 10.2 Å². The summed E-state index contributed by atoms with van der Waals surface area (Å²) in [6, 6.07) is 4.92. The SMILES string of the molecule is CCONC(=O)Cc1csc(NC(=O)CN(C(=O)c2ccc(F)cc2)C(C)C)n1. The number of anilines is 1. The summed E-state index contributed by atoms with van der Waals surface area (Å²) < 4.78 is 13.1. The number of nitrogens with one attached hydrogen (secondary N) is 2. The topological polar surface area (TPSA) is 101 Å². The van der Waals surface area contributed by atoms with Gasteiger partial charge in [0.25, 0.3) is 5.91 Å². The van der Waals surface area contributed by atoms with Gasteiger partial charge in [0.05, 0.1) is 18.7 Å². The summed E-state index contributed by atoms with van der Waals surface area (Å²) in [6.45, 7) is 5.49. The molecule has 29 heavy (non-hydrogen) atoms. The predicted molar refractivity (Wildman–Crippen MR) is 107 cm³/mol. The lowest BCUT2D eigenvalue weighted by molar-refractivity contribution is -0.132. The molecule has 0 aliphatic heterocycles. The minimum Gasteiger partial charge on any atom is -0.327 e. The molecule has 8 nitrogen and oxygen atoms in total. The van der Waals surface area contributed by atoms with Crippen LogP contribution in [0.25, 0.3) is 0 Å². The molecule has 0 saturated carbocycles. The van der Waals surface area contributed by atoms with Crippen LogP contribution in [0.5, 0.6) is 0 Å². The van der Waals surface area contributed by atoms with E-state index in [1.807, 2.05) is 0 Å². The molecule has 0 saturated heterocycles. The van der Waals surface area contributed by atoms with Crippen LogP contribution in [0.2, 0.25) is 0 Å². The molecule has 10 heteroatoms. The number of thiazole rings is 1. The Morgan fingerprint density at radius 2 is 1.90 bits per heavy atom. The fraction of sp³-hybridized carbons (Fsp3) is 0.368. The molecule has 1 heterocycles. The minimum absolute atomic E-state index is 0.0214. The maximum Gasteiger partial charge on any atom is 0.254 e. The Hall–Kier alpha value is -2.85. The van der Waals surface area contributed by atoms with E-state index in [1.54, 1.807) is 26.2 Å². The molecule has 0 fully saturated rings. The highest BCUT2D eigenvalue weighted by Crippen LogP contribution is 2.16. The molecule has 0 aliphatic rings. The highest BCUT2D eigenvalue weighted by Gasteiger charge is 2.22. The quantitative estimate of drug-likeness (QED) is 0.605. The maximum absolute atomic E-state index is 13.1. The van der Waals surface area contributed by atoms with E-state index in [4.69, 9.17) is 4.84 Å². The van der Waals surface area contributed by atoms with Gasteiger partial charge in [0.2, 0.25) is 11.8 Å². The highest BCUT2D eigenvalue weighted by molar-refractivity contribution is 7.13. The van der Waals surface area contributed by atoms with Gasteiger partial charge >= 0.3 is 0 Å². The lowest BCUT2D eigenvalue weighted by Gasteiger charge is -2.26. The Morgan fingerprint density at radius 3 is 2.52 bits per heavy atom. The van der Waals surface area contributed by atoms with Crippen molar-refractivity contribution in [1.82, 2.24) is 15.4 Å². The predicted octanol–water partition coefficient (Wildman–Crippen LogP) is 2.38. The summed E-state index contributed by atoms with van der Waals surface area (Å²) in [5.74, 6) is -1.58. The molecule has 0 atom stereocenters. The lowest BCUT2D eigenvalue weighted by Crippen LogP contribution is -2.42. The Labute approximate surface area is 172 Å². The van der Waals surface area contributed by atoms with Crippen LogP contribution in [-0.2, 0) is 20.8 Å². The van der Waals surface area contributed by atoms with Crippen molar-refractivity contribution in [2.45, 2.75) is 33.2 Å². The van der Waals surface area contributed by atoms with Crippen LogP contribution in [0.1, 0.15) is 36.8 Å². The van der Waals surface area contributed by atoms with Crippen LogP contribution in [0.4, 0.5) is 9.52 Å². The van der Waals surface area contributed by atoms with Crippen LogP contribution in [0, 0.1) is 5.82 Å². The molecule has 2 aromatic rings. The number of benzene rings is 1. The normalized spacial score (nSPS) is 10.7. The zero-order valence-electron chi connectivity index (χ0n) is 16.4. The van der Waals surface area contributed by atoms with Crippen molar-refractivity contribution in [2.75, 3.05) is 18.5 Å². The first kappa shape index (κ1) is 22.4. The Kier molecular flexibility index (Phi) is 8.22. The third kappa shape index (κ3) is 6.91. The maximum atomic E-state index is 13.1. The second-order valence-corrected chi connectivity index (χ2v) is 7.22. The first-order chi connectivity index (χ1) is 13.8. The Balaban J connectivity index is 1.96. The van der Waals surface area contributed by atoms with Gasteiger partial charge in [0, 0.05) is 17.0 Å². The van der Waals surface area contributed by atoms with E-state index in [1.165, 1.54) is 40.5 Å². The number of carbonyl (C=O) groups is 3. The molecule has 1 aromatic heterocycles. The van der Waals surface area contributed by atoms with Crippen molar-refractivity contribution < 1.29 is 23.6 Å². The molecule has 0 radical (unpaired) electrons. The summed E-state index contributed by atoms with van der Waals surface area (Å²) in [7, 11) is 0. The van der Waals surface area contributed by atoms with Crippen molar-refractivity contribution >= 4 is 34.2 Å². The largest absolute Gasteiger partial charge is 0.327 e. The summed E-state index contributed by atoms with van der Waals surface area (Å²) in [5, 5.41) is 4.61. The van der Waals surface area contributed by atoms with Crippen LogP contribution in [0.15, 0.2) is 29.6 Å². The minimum atomic E-state index is -0.440. The van der Waals surface area contributed by atoms with Gasteiger partial charge in [-0.05, 0) is 45.0 Å². The van der Waals surface area contributed by atoms with E-state index >= 15 is 0 Å². The van der Waals surface area contributed by atoms with E-state index in [0.717, 1.165) is 0 Å². The van der Waals surface area contributed by atoms with Crippen molar-refractivity contribution in [2.24, 2.45) is 0 Å². The number of carbonyl (C=O) groups excluding carboxylic acids is 3. The monoisotopic (exact) mass is 422 g/mol. The number of hydrogen-bond acceptors (Lipinski definition) is 6. The second-order valence-electron chi connectivity index (χ2n) is 6.36. The highest BCUT2D eigenvalue weighted by atomic mass is 32.1.